The molecule has 0 aliphatic heterocycles. The molecule has 1 N–H and O–H groups in total. The lowest BCUT2D eigenvalue weighted by atomic mass is 10.1. The molecule has 0 bridgehead atoms. The highest BCUT2D eigenvalue weighted by Gasteiger charge is 2.02. The third kappa shape index (κ3) is 2.01. The van der Waals surface area contributed by atoms with Crippen LogP contribution in [0.5, 0.6) is 0 Å². The molecule has 2 rings (SSSR count). The number of hydrogen-bond donors (Lipinski definition) is 1. The standard InChI is InChI=1S/C12H15N3/c1-10-5-3-4-6-11(10)9-15-8-7-14-12(15)13-2/h3-8H,9H2,1-2H3,(H,13,14). The minimum Gasteiger partial charge on any atom is -0.359 e. The first-order valence-corrected chi connectivity index (χ1v) is 5.04. The van der Waals surface area contributed by atoms with Crippen molar-refractivity contribution in [1.82, 2.24) is 9.55 Å². The van der Waals surface area contributed by atoms with Gasteiger partial charge in [0.05, 0.1) is 6.54 Å². The highest BCUT2D eigenvalue weighted by Crippen LogP contribution is 2.12. The SMILES string of the molecule is CNc1nccn1Cc1ccccc1C. The van der Waals surface area contributed by atoms with Crippen molar-refractivity contribution in [3.63, 3.8) is 0 Å². The molecule has 0 saturated heterocycles. The van der Waals surface area contributed by atoms with Crippen LogP contribution in [0.15, 0.2) is 36.7 Å². The Morgan fingerprint density at radius 3 is 2.87 bits per heavy atom. The average Bonchev–Trinajstić information content (AvgIpc) is 2.69. The van der Waals surface area contributed by atoms with E-state index < -0.39 is 0 Å². The zero-order valence-corrected chi connectivity index (χ0v) is 9.07. The number of aromatic nitrogens is 2. The number of nitrogens with zero attached hydrogens (tertiary/aromatic N) is 2. The molecule has 0 saturated carbocycles. The maximum Gasteiger partial charge on any atom is 0.202 e. The van der Waals surface area contributed by atoms with E-state index in [1.807, 2.05) is 19.4 Å². The van der Waals surface area contributed by atoms with Gasteiger partial charge in [0.2, 0.25) is 5.95 Å². The molecule has 0 radical (unpaired) electrons. The van der Waals surface area contributed by atoms with Gasteiger partial charge in [-0.05, 0) is 18.1 Å². The van der Waals surface area contributed by atoms with Crippen LogP contribution in [0.4, 0.5) is 5.95 Å². The van der Waals surface area contributed by atoms with Gasteiger partial charge < -0.3 is 9.88 Å². The summed E-state index contributed by atoms with van der Waals surface area (Å²) in [5, 5.41) is 3.07. The summed E-state index contributed by atoms with van der Waals surface area (Å²) in [6.45, 7) is 2.99. The van der Waals surface area contributed by atoms with Gasteiger partial charge in [0.25, 0.3) is 0 Å². The van der Waals surface area contributed by atoms with E-state index in [0.717, 1.165) is 12.5 Å². The normalized spacial score (nSPS) is 10.3. The summed E-state index contributed by atoms with van der Waals surface area (Å²) in [5.41, 5.74) is 2.64. The smallest absolute Gasteiger partial charge is 0.202 e. The molecule has 0 unspecified atom stereocenters. The molecule has 1 aromatic carbocycles. The predicted octanol–water partition coefficient (Wildman–Crippen LogP) is 2.28. The number of nitrogens with one attached hydrogen (secondary N) is 1. The van der Waals surface area contributed by atoms with Crippen LogP contribution in [0, 0.1) is 6.92 Å². The lowest BCUT2D eigenvalue weighted by Crippen LogP contribution is -2.05. The molecule has 3 heteroatoms. The van der Waals surface area contributed by atoms with Crippen LogP contribution in [0.25, 0.3) is 0 Å². The van der Waals surface area contributed by atoms with Crippen LogP contribution in [0.3, 0.4) is 0 Å². The van der Waals surface area contributed by atoms with Crippen LogP contribution in [-0.4, -0.2) is 16.6 Å². The van der Waals surface area contributed by atoms with E-state index in [4.69, 9.17) is 0 Å². The molecule has 0 fully saturated rings. The van der Waals surface area contributed by atoms with E-state index in [0.29, 0.717) is 0 Å². The Balaban J connectivity index is 2.26. The van der Waals surface area contributed by atoms with Gasteiger partial charge in [-0.25, -0.2) is 4.98 Å². The van der Waals surface area contributed by atoms with E-state index in [-0.39, 0.29) is 0 Å². The van der Waals surface area contributed by atoms with Gasteiger partial charge in [-0.2, -0.15) is 0 Å². The van der Waals surface area contributed by atoms with Gasteiger partial charge in [0.1, 0.15) is 0 Å². The maximum atomic E-state index is 4.21. The Kier molecular flexibility index (Phi) is 2.72. The van der Waals surface area contributed by atoms with Gasteiger partial charge in [-0.3, -0.25) is 0 Å². The van der Waals surface area contributed by atoms with Crippen molar-refractivity contribution in [2.75, 3.05) is 12.4 Å². The number of rotatable bonds is 3. The maximum absolute atomic E-state index is 4.21. The third-order valence-corrected chi connectivity index (χ3v) is 2.54. The van der Waals surface area contributed by atoms with Crippen LogP contribution >= 0.6 is 0 Å². The van der Waals surface area contributed by atoms with Gasteiger partial charge in [0.15, 0.2) is 0 Å². The molecule has 3 nitrogen and oxygen atoms in total. The molecule has 1 aromatic heterocycles. The Bertz CT molecular complexity index is 446. The van der Waals surface area contributed by atoms with E-state index in [1.54, 1.807) is 0 Å². The summed E-state index contributed by atoms with van der Waals surface area (Å²) in [4.78, 5) is 4.21. The van der Waals surface area contributed by atoms with Crippen LogP contribution < -0.4 is 5.32 Å². The van der Waals surface area contributed by atoms with Crippen LogP contribution in [-0.2, 0) is 6.54 Å². The second-order valence-electron chi connectivity index (χ2n) is 3.56. The van der Waals surface area contributed by atoms with Crippen molar-refractivity contribution < 1.29 is 0 Å². The molecule has 0 spiro atoms. The Morgan fingerprint density at radius 2 is 2.13 bits per heavy atom. The zero-order chi connectivity index (χ0) is 10.7. The lowest BCUT2D eigenvalue weighted by molar-refractivity contribution is 0.800. The molecule has 1 heterocycles. The quantitative estimate of drug-likeness (QED) is 0.825. The summed E-state index contributed by atoms with van der Waals surface area (Å²) >= 11 is 0. The number of benzene rings is 1. The van der Waals surface area contributed by atoms with Crippen molar-refractivity contribution in [3.05, 3.63) is 47.8 Å². The van der Waals surface area contributed by atoms with Crippen molar-refractivity contribution in [3.8, 4) is 0 Å². The number of imidazole rings is 1. The summed E-state index contributed by atoms with van der Waals surface area (Å²) < 4.78 is 2.10. The fourth-order valence-electron chi connectivity index (χ4n) is 1.64. The van der Waals surface area contributed by atoms with E-state index >= 15 is 0 Å². The van der Waals surface area contributed by atoms with Crippen LogP contribution in [0.1, 0.15) is 11.1 Å². The van der Waals surface area contributed by atoms with Crippen molar-refractivity contribution in [1.29, 1.82) is 0 Å². The fraction of sp³-hybridized carbons (Fsp3) is 0.250. The van der Waals surface area contributed by atoms with Crippen LogP contribution in [0.2, 0.25) is 0 Å². The summed E-state index contributed by atoms with van der Waals surface area (Å²) in [5.74, 6) is 0.901. The largest absolute Gasteiger partial charge is 0.359 e. The number of hydrogen-bond acceptors (Lipinski definition) is 2. The number of aryl methyl sites for hydroxylation is 1. The Labute approximate surface area is 89.8 Å². The monoisotopic (exact) mass is 201 g/mol. The summed E-state index contributed by atoms with van der Waals surface area (Å²) in [6, 6.07) is 8.41. The summed E-state index contributed by atoms with van der Waals surface area (Å²) in [6.07, 6.45) is 3.79. The van der Waals surface area contributed by atoms with Gasteiger partial charge in [-0.1, -0.05) is 24.3 Å². The second-order valence-corrected chi connectivity index (χ2v) is 3.56. The van der Waals surface area contributed by atoms with E-state index in [1.165, 1.54) is 11.1 Å². The highest BCUT2D eigenvalue weighted by molar-refractivity contribution is 5.30. The first-order chi connectivity index (χ1) is 7.31. The molecule has 0 aliphatic carbocycles. The molecular formula is C12H15N3. The first-order valence-electron chi connectivity index (χ1n) is 5.04. The predicted molar refractivity (Wildman–Crippen MR) is 62.1 cm³/mol. The molecule has 0 aliphatic rings. The average molecular weight is 201 g/mol. The molecule has 0 atom stereocenters. The molecule has 78 valence electrons. The number of anilines is 1. The molecular weight excluding hydrogens is 186 g/mol. The molecule has 2 aromatic rings. The van der Waals surface area contributed by atoms with Gasteiger partial charge >= 0.3 is 0 Å². The Hall–Kier alpha value is -1.77. The van der Waals surface area contributed by atoms with Crippen molar-refractivity contribution in [2.24, 2.45) is 0 Å². The zero-order valence-electron chi connectivity index (χ0n) is 9.07. The van der Waals surface area contributed by atoms with E-state index in [9.17, 15) is 0 Å². The van der Waals surface area contributed by atoms with Crippen molar-refractivity contribution >= 4 is 5.95 Å². The Morgan fingerprint density at radius 1 is 1.33 bits per heavy atom. The molecule has 0 amide bonds. The molecule has 15 heavy (non-hydrogen) atoms. The highest BCUT2D eigenvalue weighted by atomic mass is 15.2. The fourth-order valence-corrected chi connectivity index (χ4v) is 1.64. The minimum atomic E-state index is 0.864. The summed E-state index contributed by atoms with van der Waals surface area (Å²) in [7, 11) is 1.89. The second kappa shape index (κ2) is 4.17. The minimum absolute atomic E-state index is 0.864. The lowest BCUT2D eigenvalue weighted by Gasteiger charge is -2.09. The van der Waals surface area contributed by atoms with E-state index in [2.05, 4.69) is 46.1 Å². The topological polar surface area (TPSA) is 29.9 Å². The van der Waals surface area contributed by atoms with Crippen molar-refractivity contribution in [2.45, 2.75) is 13.5 Å². The van der Waals surface area contributed by atoms with Gasteiger partial charge in [0, 0.05) is 19.4 Å². The first kappa shape index (κ1) is 9.77. The van der Waals surface area contributed by atoms with Gasteiger partial charge in [-0.15, -0.1) is 0 Å². The third-order valence-electron chi connectivity index (χ3n) is 2.54.